The molecule has 1 aromatic carbocycles. The highest BCUT2D eigenvalue weighted by molar-refractivity contribution is 7.89. The summed E-state index contributed by atoms with van der Waals surface area (Å²) in [4.78, 5) is 36.5. The van der Waals surface area contributed by atoms with Gasteiger partial charge in [0.25, 0.3) is 5.56 Å². The largest absolute Gasteiger partial charge is 0.444 e. The lowest BCUT2D eigenvalue weighted by Crippen LogP contribution is -2.46. The molecule has 2 aliphatic carbocycles. The Kier molecular flexibility index (Phi) is 10.8. The second kappa shape index (κ2) is 14.8. The number of nitrogens with zero attached hydrogens (tertiary/aromatic N) is 4. The Morgan fingerprint density at radius 3 is 2.42 bits per heavy atom. The molecule has 12 nitrogen and oxygen atoms in total. The molecular weight excluding hydrogens is 680 g/mol. The SMILES string of the molecule is Cc1cc(S(=O)(=O)NCCOC2CCC3(CC2)CCN(C(=O)OC(C)(C)C)CC3)ccc1Nc1ncc2cc(Cl)c(=O)n(C3CCCC3)c2n1. The van der Waals surface area contributed by atoms with E-state index in [0.29, 0.717) is 34.8 Å². The van der Waals surface area contributed by atoms with Gasteiger partial charge in [0.15, 0.2) is 0 Å². The monoisotopic (exact) mass is 728 g/mol. The molecule has 50 heavy (non-hydrogen) atoms. The van der Waals surface area contributed by atoms with E-state index >= 15 is 0 Å². The number of piperidine rings is 1. The van der Waals surface area contributed by atoms with E-state index in [1.807, 2.05) is 32.6 Å². The molecule has 272 valence electrons. The third kappa shape index (κ3) is 8.43. The summed E-state index contributed by atoms with van der Waals surface area (Å²) in [5.74, 6) is 0.305. The maximum Gasteiger partial charge on any atom is 0.410 e. The third-order valence-corrected chi connectivity index (χ3v) is 12.1. The molecular formula is C36H49ClN6O6S. The minimum absolute atomic E-state index is 0.0485. The van der Waals surface area contributed by atoms with Crippen molar-refractivity contribution in [3.8, 4) is 0 Å². The van der Waals surface area contributed by atoms with Crippen LogP contribution in [0.2, 0.25) is 5.02 Å². The summed E-state index contributed by atoms with van der Waals surface area (Å²) in [6.45, 7) is 9.37. The Labute approximate surface area is 299 Å². The Balaban J connectivity index is 0.987. The van der Waals surface area contributed by atoms with Crippen molar-refractivity contribution in [3.05, 3.63) is 51.4 Å². The summed E-state index contributed by atoms with van der Waals surface area (Å²) < 4.78 is 42.3. The molecule has 0 radical (unpaired) electrons. The third-order valence-electron chi connectivity index (χ3n) is 10.4. The van der Waals surface area contributed by atoms with Gasteiger partial charge in [0.05, 0.1) is 17.6 Å². The predicted molar refractivity (Wildman–Crippen MR) is 194 cm³/mol. The van der Waals surface area contributed by atoms with E-state index in [2.05, 4.69) is 20.0 Å². The van der Waals surface area contributed by atoms with Crippen molar-refractivity contribution in [1.82, 2.24) is 24.2 Å². The second-order valence-electron chi connectivity index (χ2n) is 15.1. The van der Waals surface area contributed by atoms with Crippen molar-refractivity contribution in [2.75, 3.05) is 31.6 Å². The summed E-state index contributed by atoms with van der Waals surface area (Å²) in [5.41, 5.74) is 1.38. The number of aryl methyl sites for hydroxylation is 1. The number of halogens is 1. The van der Waals surface area contributed by atoms with Gasteiger partial charge in [-0.15, -0.1) is 0 Å². The number of carbonyl (C=O) groups is 1. The van der Waals surface area contributed by atoms with Crippen molar-refractivity contribution in [1.29, 1.82) is 0 Å². The number of hydrogen-bond donors (Lipinski definition) is 2. The lowest BCUT2D eigenvalue weighted by Gasteiger charge is -2.45. The minimum Gasteiger partial charge on any atom is -0.444 e. The molecule has 2 N–H and O–H groups in total. The zero-order valence-corrected chi connectivity index (χ0v) is 31.0. The first-order chi connectivity index (χ1) is 23.7. The number of ether oxygens (including phenoxy) is 2. The average Bonchev–Trinajstić information content (AvgIpc) is 3.60. The number of nitrogens with one attached hydrogen (secondary N) is 2. The highest BCUT2D eigenvalue weighted by Gasteiger charge is 2.40. The molecule has 3 heterocycles. The molecule has 2 aromatic heterocycles. The number of aromatic nitrogens is 3. The number of fused-ring (bicyclic) bond motifs is 1. The summed E-state index contributed by atoms with van der Waals surface area (Å²) in [5, 5.41) is 4.03. The highest BCUT2D eigenvalue weighted by atomic mass is 35.5. The van der Waals surface area contributed by atoms with Crippen LogP contribution in [0.3, 0.4) is 0 Å². The Bertz CT molecular complexity index is 1870. The minimum atomic E-state index is -3.76. The van der Waals surface area contributed by atoms with E-state index in [-0.39, 0.29) is 45.7 Å². The smallest absolute Gasteiger partial charge is 0.410 e. The lowest BCUT2D eigenvalue weighted by atomic mass is 9.67. The molecule has 3 aliphatic rings. The summed E-state index contributed by atoms with van der Waals surface area (Å²) >= 11 is 6.26. The van der Waals surface area contributed by atoms with Crippen LogP contribution >= 0.6 is 11.6 Å². The second-order valence-corrected chi connectivity index (χ2v) is 17.3. The van der Waals surface area contributed by atoms with E-state index in [1.54, 1.807) is 35.0 Å². The fourth-order valence-electron chi connectivity index (χ4n) is 7.56. The molecule has 3 fully saturated rings. The number of rotatable bonds is 9. The van der Waals surface area contributed by atoms with Gasteiger partial charge in [-0.2, -0.15) is 4.98 Å². The highest BCUT2D eigenvalue weighted by Crippen LogP contribution is 2.45. The Hall–Kier alpha value is -3.26. The van der Waals surface area contributed by atoms with E-state index in [0.717, 1.165) is 77.3 Å². The molecule has 1 amide bonds. The fourth-order valence-corrected chi connectivity index (χ4v) is 8.86. The number of sulfonamides is 1. The van der Waals surface area contributed by atoms with Crippen molar-refractivity contribution in [2.24, 2.45) is 5.41 Å². The van der Waals surface area contributed by atoms with E-state index < -0.39 is 15.6 Å². The van der Waals surface area contributed by atoms with Crippen LogP contribution in [0.5, 0.6) is 0 Å². The molecule has 1 aliphatic heterocycles. The number of anilines is 2. The standard InChI is InChI=1S/C36H49ClN6O6S/c1-24-21-28(9-10-30(24)40-33-38-23-25-22-29(37)32(44)43(31(25)41-33)26-7-5-6-8-26)50(46,47)39-17-20-48-27-11-13-36(14-12-27)15-18-42(19-16-36)34(45)49-35(2,3)4/h9-10,21-23,26-27,39H,5-8,11-20H2,1-4H3,(H,38,40,41). The molecule has 0 unspecified atom stereocenters. The number of benzene rings is 1. The molecule has 0 bridgehead atoms. The van der Waals surface area contributed by atoms with Crippen LogP contribution in [-0.2, 0) is 19.5 Å². The van der Waals surface area contributed by atoms with Gasteiger partial charge in [0.1, 0.15) is 16.3 Å². The number of hydrogen-bond acceptors (Lipinski definition) is 9. The normalized spacial score (nSPS) is 18.9. The first-order valence-corrected chi connectivity index (χ1v) is 19.6. The van der Waals surface area contributed by atoms with E-state index in [9.17, 15) is 18.0 Å². The van der Waals surface area contributed by atoms with Crippen LogP contribution in [-0.4, -0.2) is 71.9 Å². The van der Waals surface area contributed by atoms with Crippen molar-refractivity contribution in [3.63, 3.8) is 0 Å². The van der Waals surface area contributed by atoms with Gasteiger partial charge in [-0.05, 0) is 114 Å². The van der Waals surface area contributed by atoms with Crippen LogP contribution in [0.25, 0.3) is 11.0 Å². The summed E-state index contributed by atoms with van der Waals surface area (Å²) in [6, 6.07) is 6.49. The van der Waals surface area contributed by atoms with Gasteiger partial charge in [-0.3, -0.25) is 9.36 Å². The quantitative estimate of drug-likeness (QED) is 0.226. The van der Waals surface area contributed by atoms with Gasteiger partial charge in [-0.1, -0.05) is 24.4 Å². The summed E-state index contributed by atoms with van der Waals surface area (Å²) in [7, 11) is -3.76. The molecule has 0 atom stereocenters. The molecule has 6 rings (SSSR count). The molecule has 1 saturated heterocycles. The van der Waals surface area contributed by atoms with Crippen LogP contribution in [0.15, 0.2) is 40.2 Å². The number of pyridine rings is 1. The Morgan fingerprint density at radius 1 is 1.06 bits per heavy atom. The van der Waals surface area contributed by atoms with Crippen LogP contribution in [0.1, 0.15) is 96.6 Å². The van der Waals surface area contributed by atoms with E-state index in [1.165, 1.54) is 0 Å². The maximum absolute atomic E-state index is 13.1. The zero-order valence-electron chi connectivity index (χ0n) is 29.5. The topological polar surface area (TPSA) is 145 Å². The Morgan fingerprint density at radius 2 is 1.76 bits per heavy atom. The van der Waals surface area contributed by atoms with Gasteiger partial charge >= 0.3 is 6.09 Å². The molecule has 3 aromatic rings. The van der Waals surface area contributed by atoms with Crippen molar-refractivity contribution in [2.45, 2.75) is 115 Å². The zero-order chi connectivity index (χ0) is 35.7. The van der Waals surface area contributed by atoms with Gasteiger partial charge in [0.2, 0.25) is 16.0 Å². The van der Waals surface area contributed by atoms with Gasteiger partial charge < -0.3 is 19.7 Å². The van der Waals surface area contributed by atoms with E-state index in [4.69, 9.17) is 21.1 Å². The van der Waals surface area contributed by atoms with Gasteiger partial charge in [0, 0.05) is 42.9 Å². The number of amides is 1. The first kappa shape index (κ1) is 36.5. The van der Waals surface area contributed by atoms with Crippen LogP contribution < -0.4 is 15.6 Å². The number of likely N-dealkylation sites (tertiary alicyclic amines) is 1. The van der Waals surface area contributed by atoms with Crippen LogP contribution in [0, 0.1) is 12.3 Å². The lowest BCUT2D eigenvalue weighted by molar-refractivity contribution is -0.0280. The van der Waals surface area contributed by atoms with Crippen LogP contribution in [0.4, 0.5) is 16.4 Å². The first-order valence-electron chi connectivity index (χ1n) is 17.8. The van der Waals surface area contributed by atoms with Crippen molar-refractivity contribution >= 4 is 50.4 Å². The summed E-state index contributed by atoms with van der Waals surface area (Å²) in [6.07, 6.45) is 11.3. The maximum atomic E-state index is 13.1. The molecule has 2 saturated carbocycles. The van der Waals surface area contributed by atoms with Crippen molar-refractivity contribution < 1.29 is 22.7 Å². The van der Waals surface area contributed by atoms with Gasteiger partial charge in [-0.25, -0.2) is 22.9 Å². The number of carbonyl (C=O) groups excluding carboxylic acids is 1. The predicted octanol–water partition coefficient (Wildman–Crippen LogP) is 6.87. The molecule has 14 heteroatoms. The average molecular weight is 729 g/mol. The fraction of sp³-hybridized carbons (Fsp3) is 0.611. The molecule has 1 spiro atoms.